The number of ether oxygens (including phenoxy) is 1. The topological polar surface area (TPSA) is 64.4 Å². The second kappa shape index (κ2) is 6.53. The number of nitrogens with two attached hydrogens (primary N) is 1. The lowest BCUT2D eigenvalue weighted by Crippen LogP contribution is -2.39. The van der Waals surface area contributed by atoms with Gasteiger partial charge >= 0.3 is 0 Å². The van der Waals surface area contributed by atoms with E-state index >= 15 is 0 Å². The van der Waals surface area contributed by atoms with Crippen molar-refractivity contribution in [3.63, 3.8) is 0 Å². The van der Waals surface area contributed by atoms with E-state index in [1.54, 1.807) is 0 Å². The molecule has 0 aromatic carbocycles. The first-order valence-electron chi connectivity index (χ1n) is 7.34. The van der Waals surface area contributed by atoms with Crippen LogP contribution in [0.5, 0.6) is 0 Å². The molecule has 2 fully saturated rings. The highest BCUT2D eigenvalue weighted by Crippen LogP contribution is 2.29. The van der Waals surface area contributed by atoms with Gasteiger partial charge in [0.05, 0.1) is 6.10 Å². The second-order valence-corrected chi connectivity index (χ2v) is 5.83. The summed E-state index contributed by atoms with van der Waals surface area (Å²) in [7, 11) is 0. The van der Waals surface area contributed by atoms with Gasteiger partial charge in [-0.3, -0.25) is 4.79 Å². The van der Waals surface area contributed by atoms with Crippen LogP contribution in [-0.2, 0) is 9.53 Å². The van der Waals surface area contributed by atoms with Crippen molar-refractivity contribution >= 4 is 5.91 Å². The van der Waals surface area contributed by atoms with Gasteiger partial charge in [0.2, 0.25) is 5.91 Å². The Balaban J connectivity index is 1.71. The number of rotatable bonds is 4. The van der Waals surface area contributed by atoms with Crippen LogP contribution in [-0.4, -0.2) is 31.2 Å². The summed E-state index contributed by atoms with van der Waals surface area (Å²) in [5, 5.41) is 3.06. The van der Waals surface area contributed by atoms with Crippen LogP contribution < -0.4 is 11.1 Å². The summed E-state index contributed by atoms with van der Waals surface area (Å²) in [5.74, 6) is 1.44. The zero-order chi connectivity index (χ0) is 13.0. The minimum atomic E-state index is -0.266. The quantitative estimate of drug-likeness (QED) is 0.798. The van der Waals surface area contributed by atoms with Gasteiger partial charge < -0.3 is 15.8 Å². The van der Waals surface area contributed by atoms with Crippen molar-refractivity contribution in [1.29, 1.82) is 0 Å². The summed E-state index contributed by atoms with van der Waals surface area (Å²) in [6.45, 7) is 3.63. The predicted octanol–water partition coefficient (Wildman–Crippen LogP) is 1.44. The number of hydrogen-bond acceptors (Lipinski definition) is 3. The molecule has 1 aliphatic heterocycles. The molecule has 0 radical (unpaired) electrons. The molecule has 0 aromatic rings. The molecular formula is C14H26N2O2. The van der Waals surface area contributed by atoms with Gasteiger partial charge in [-0.15, -0.1) is 0 Å². The van der Waals surface area contributed by atoms with E-state index in [4.69, 9.17) is 10.5 Å². The van der Waals surface area contributed by atoms with Crippen LogP contribution in [0.15, 0.2) is 0 Å². The third kappa shape index (κ3) is 3.45. The molecule has 4 nitrogen and oxygen atoms in total. The Morgan fingerprint density at radius 2 is 2.06 bits per heavy atom. The molecule has 1 heterocycles. The maximum absolute atomic E-state index is 12.0. The molecule has 1 aliphatic carbocycles. The average molecular weight is 254 g/mol. The fourth-order valence-corrected chi connectivity index (χ4v) is 3.11. The van der Waals surface area contributed by atoms with Crippen LogP contribution in [0.3, 0.4) is 0 Å². The highest BCUT2D eigenvalue weighted by atomic mass is 16.5. The number of nitrogens with one attached hydrogen (secondary N) is 1. The summed E-state index contributed by atoms with van der Waals surface area (Å²) in [5.41, 5.74) is 5.55. The lowest BCUT2D eigenvalue weighted by atomic mass is 9.80. The molecule has 2 aliphatic rings. The van der Waals surface area contributed by atoms with Crippen molar-refractivity contribution in [1.82, 2.24) is 5.32 Å². The van der Waals surface area contributed by atoms with E-state index in [0.717, 1.165) is 25.3 Å². The fourth-order valence-electron chi connectivity index (χ4n) is 3.11. The van der Waals surface area contributed by atoms with Gasteiger partial charge in [0, 0.05) is 13.1 Å². The lowest BCUT2D eigenvalue weighted by molar-refractivity contribution is -0.132. The van der Waals surface area contributed by atoms with Gasteiger partial charge in [-0.05, 0) is 31.1 Å². The van der Waals surface area contributed by atoms with Crippen LogP contribution >= 0.6 is 0 Å². The van der Waals surface area contributed by atoms with E-state index in [1.165, 1.54) is 25.7 Å². The molecule has 4 atom stereocenters. The monoisotopic (exact) mass is 254 g/mol. The largest absolute Gasteiger partial charge is 0.364 e. The predicted molar refractivity (Wildman–Crippen MR) is 71.1 cm³/mol. The number of hydrogen-bond donors (Lipinski definition) is 2. The van der Waals surface area contributed by atoms with Crippen molar-refractivity contribution in [3.8, 4) is 0 Å². The molecule has 4 unspecified atom stereocenters. The lowest BCUT2D eigenvalue weighted by Gasteiger charge is -2.29. The second-order valence-electron chi connectivity index (χ2n) is 5.83. The van der Waals surface area contributed by atoms with E-state index < -0.39 is 0 Å². The van der Waals surface area contributed by atoms with Crippen LogP contribution in [0, 0.1) is 11.8 Å². The first kappa shape index (κ1) is 13.8. The summed E-state index contributed by atoms with van der Waals surface area (Å²) in [6, 6.07) is 0. The molecule has 0 aromatic heterocycles. The zero-order valence-corrected chi connectivity index (χ0v) is 11.4. The summed E-state index contributed by atoms with van der Waals surface area (Å²) in [4.78, 5) is 12.0. The molecule has 2 rings (SSSR count). The maximum Gasteiger partial charge on any atom is 0.249 e. The SMILES string of the molecule is CC1CCCCC1CNC(=O)C1CCC(CN)O1. The van der Waals surface area contributed by atoms with Gasteiger partial charge in [0.25, 0.3) is 0 Å². The third-order valence-electron chi connectivity index (χ3n) is 4.49. The van der Waals surface area contributed by atoms with Crippen molar-refractivity contribution in [2.45, 2.75) is 57.7 Å². The van der Waals surface area contributed by atoms with E-state index in [0.29, 0.717) is 12.5 Å². The van der Waals surface area contributed by atoms with E-state index in [-0.39, 0.29) is 18.1 Å². The van der Waals surface area contributed by atoms with E-state index in [9.17, 15) is 4.79 Å². The molecule has 1 amide bonds. The summed E-state index contributed by atoms with van der Waals surface area (Å²) < 4.78 is 5.60. The zero-order valence-electron chi connectivity index (χ0n) is 11.4. The van der Waals surface area contributed by atoms with Crippen LogP contribution in [0.2, 0.25) is 0 Å². The maximum atomic E-state index is 12.0. The summed E-state index contributed by atoms with van der Waals surface area (Å²) in [6.07, 6.45) is 6.73. The minimum absolute atomic E-state index is 0.0590. The molecule has 104 valence electrons. The van der Waals surface area contributed by atoms with Crippen LogP contribution in [0.1, 0.15) is 45.4 Å². The first-order valence-corrected chi connectivity index (χ1v) is 7.34. The van der Waals surface area contributed by atoms with Gasteiger partial charge in [0.1, 0.15) is 6.10 Å². The highest BCUT2D eigenvalue weighted by Gasteiger charge is 2.30. The van der Waals surface area contributed by atoms with E-state index in [2.05, 4.69) is 12.2 Å². The van der Waals surface area contributed by atoms with Gasteiger partial charge in [-0.25, -0.2) is 0 Å². The molecule has 1 saturated carbocycles. The van der Waals surface area contributed by atoms with Gasteiger partial charge in [0.15, 0.2) is 0 Å². The smallest absolute Gasteiger partial charge is 0.249 e. The standard InChI is InChI=1S/C14H26N2O2/c1-10-4-2-3-5-11(10)9-16-14(17)13-7-6-12(8-15)18-13/h10-13H,2-9,15H2,1H3,(H,16,17). The average Bonchev–Trinajstić information content (AvgIpc) is 2.86. The molecule has 0 spiro atoms. The minimum Gasteiger partial charge on any atom is -0.364 e. The van der Waals surface area contributed by atoms with Crippen molar-refractivity contribution in [2.24, 2.45) is 17.6 Å². The fraction of sp³-hybridized carbons (Fsp3) is 0.929. The molecule has 1 saturated heterocycles. The summed E-state index contributed by atoms with van der Waals surface area (Å²) >= 11 is 0. The Morgan fingerprint density at radius 3 is 2.72 bits per heavy atom. The van der Waals surface area contributed by atoms with Crippen LogP contribution in [0.25, 0.3) is 0 Å². The molecular weight excluding hydrogens is 228 g/mol. The molecule has 3 N–H and O–H groups in total. The molecule has 18 heavy (non-hydrogen) atoms. The molecule has 0 bridgehead atoms. The van der Waals surface area contributed by atoms with Crippen LogP contribution in [0.4, 0.5) is 0 Å². The van der Waals surface area contributed by atoms with Gasteiger partial charge in [-0.2, -0.15) is 0 Å². The van der Waals surface area contributed by atoms with Crippen molar-refractivity contribution in [3.05, 3.63) is 0 Å². The third-order valence-corrected chi connectivity index (χ3v) is 4.49. The number of carbonyl (C=O) groups is 1. The number of amides is 1. The van der Waals surface area contributed by atoms with E-state index in [1.807, 2.05) is 0 Å². The van der Waals surface area contributed by atoms with Crippen molar-refractivity contribution in [2.75, 3.05) is 13.1 Å². The Labute approximate surface area is 110 Å². The van der Waals surface area contributed by atoms with Gasteiger partial charge in [-0.1, -0.05) is 26.2 Å². The Morgan fingerprint density at radius 1 is 1.28 bits per heavy atom. The molecule has 4 heteroatoms. The normalized spacial score (nSPS) is 36.6. The Hall–Kier alpha value is -0.610. The Bertz CT molecular complexity index is 283. The first-order chi connectivity index (χ1) is 8.70. The number of carbonyl (C=O) groups excluding carboxylic acids is 1. The highest BCUT2D eigenvalue weighted by molar-refractivity contribution is 5.81. The van der Waals surface area contributed by atoms with Crippen molar-refractivity contribution < 1.29 is 9.53 Å². The Kier molecular flexibility index (Phi) is 5.01.